The Hall–Kier alpha value is -0.900. The van der Waals surface area contributed by atoms with Crippen molar-refractivity contribution in [2.24, 2.45) is 0 Å². The lowest BCUT2D eigenvalue weighted by atomic mass is 10.1. The molecule has 2 unspecified atom stereocenters. The molecule has 1 heterocycles. The highest BCUT2D eigenvalue weighted by Crippen LogP contribution is 2.13. The summed E-state index contributed by atoms with van der Waals surface area (Å²) in [6, 6.07) is 0.774. The van der Waals surface area contributed by atoms with Gasteiger partial charge >= 0.3 is 0 Å². The standard InChI is InChI=1S/C13H26N4/c1-6-9-14-10(4)11(5)17-13(8-3)15-12(7-2)16-17/h10-11,14H,6-9H2,1-5H3. The highest BCUT2D eigenvalue weighted by atomic mass is 15.4. The van der Waals surface area contributed by atoms with E-state index in [1.165, 1.54) is 0 Å². The quantitative estimate of drug-likeness (QED) is 0.793. The molecule has 1 aromatic heterocycles. The third kappa shape index (κ3) is 3.53. The molecule has 0 radical (unpaired) electrons. The summed E-state index contributed by atoms with van der Waals surface area (Å²) in [5, 5.41) is 8.11. The molecule has 0 aromatic carbocycles. The molecule has 4 heteroatoms. The van der Waals surface area contributed by atoms with Crippen LogP contribution >= 0.6 is 0 Å². The van der Waals surface area contributed by atoms with E-state index in [1.807, 2.05) is 0 Å². The van der Waals surface area contributed by atoms with Gasteiger partial charge in [-0.2, -0.15) is 5.10 Å². The molecule has 98 valence electrons. The first-order valence-corrected chi connectivity index (χ1v) is 6.81. The van der Waals surface area contributed by atoms with E-state index in [-0.39, 0.29) is 0 Å². The average molecular weight is 238 g/mol. The maximum Gasteiger partial charge on any atom is 0.150 e. The Morgan fingerprint density at radius 2 is 1.88 bits per heavy atom. The molecule has 0 amide bonds. The van der Waals surface area contributed by atoms with Gasteiger partial charge < -0.3 is 5.32 Å². The van der Waals surface area contributed by atoms with Crippen molar-refractivity contribution in [2.75, 3.05) is 6.54 Å². The van der Waals surface area contributed by atoms with Gasteiger partial charge in [0.25, 0.3) is 0 Å². The van der Waals surface area contributed by atoms with Crippen LogP contribution in [0.5, 0.6) is 0 Å². The normalized spacial score (nSPS) is 14.9. The van der Waals surface area contributed by atoms with E-state index in [0.29, 0.717) is 12.1 Å². The van der Waals surface area contributed by atoms with Crippen LogP contribution in [0.15, 0.2) is 0 Å². The van der Waals surface area contributed by atoms with Crippen LogP contribution in [-0.2, 0) is 12.8 Å². The molecule has 0 aliphatic rings. The molecule has 1 rings (SSSR count). The van der Waals surface area contributed by atoms with E-state index in [1.54, 1.807) is 0 Å². The zero-order chi connectivity index (χ0) is 12.8. The van der Waals surface area contributed by atoms with E-state index in [9.17, 15) is 0 Å². The number of nitrogens with one attached hydrogen (secondary N) is 1. The fraction of sp³-hybridized carbons (Fsp3) is 0.846. The fourth-order valence-electron chi connectivity index (χ4n) is 1.88. The zero-order valence-electron chi connectivity index (χ0n) is 11.8. The van der Waals surface area contributed by atoms with Gasteiger partial charge in [-0.15, -0.1) is 0 Å². The lowest BCUT2D eigenvalue weighted by Gasteiger charge is -2.22. The first-order valence-electron chi connectivity index (χ1n) is 6.81. The van der Waals surface area contributed by atoms with Crippen LogP contribution in [0.1, 0.15) is 58.7 Å². The van der Waals surface area contributed by atoms with Crippen molar-refractivity contribution in [3.05, 3.63) is 11.6 Å². The molecule has 1 aromatic rings. The Labute approximate surface area is 105 Å². The molecular formula is C13H26N4. The molecule has 0 fully saturated rings. The molecule has 0 bridgehead atoms. The third-order valence-electron chi connectivity index (χ3n) is 3.20. The monoisotopic (exact) mass is 238 g/mol. The predicted molar refractivity (Wildman–Crippen MR) is 71.2 cm³/mol. The summed E-state index contributed by atoms with van der Waals surface area (Å²) in [6.45, 7) is 11.9. The van der Waals surface area contributed by atoms with E-state index in [2.05, 4.69) is 54.7 Å². The Balaban J connectivity index is 2.78. The van der Waals surface area contributed by atoms with E-state index in [0.717, 1.165) is 37.5 Å². The van der Waals surface area contributed by atoms with Gasteiger partial charge in [0.05, 0.1) is 6.04 Å². The lowest BCUT2D eigenvalue weighted by molar-refractivity contribution is 0.356. The molecule has 0 saturated carbocycles. The second-order valence-electron chi connectivity index (χ2n) is 4.58. The maximum absolute atomic E-state index is 4.59. The maximum atomic E-state index is 4.59. The average Bonchev–Trinajstić information content (AvgIpc) is 2.78. The number of nitrogens with zero attached hydrogens (tertiary/aromatic N) is 3. The van der Waals surface area contributed by atoms with Crippen LogP contribution in [0.4, 0.5) is 0 Å². The summed E-state index contributed by atoms with van der Waals surface area (Å²) < 4.78 is 2.09. The van der Waals surface area contributed by atoms with E-state index >= 15 is 0 Å². The minimum absolute atomic E-state index is 0.351. The summed E-state index contributed by atoms with van der Waals surface area (Å²) in [4.78, 5) is 4.56. The summed E-state index contributed by atoms with van der Waals surface area (Å²) in [6.07, 6.45) is 3.01. The molecule has 0 spiro atoms. The van der Waals surface area contributed by atoms with Crippen molar-refractivity contribution >= 4 is 0 Å². The van der Waals surface area contributed by atoms with Gasteiger partial charge in [0, 0.05) is 18.9 Å². The van der Waals surface area contributed by atoms with Gasteiger partial charge in [-0.25, -0.2) is 9.67 Å². The molecule has 1 N–H and O–H groups in total. The van der Waals surface area contributed by atoms with Gasteiger partial charge in [0.2, 0.25) is 0 Å². The predicted octanol–water partition coefficient (Wildman–Crippen LogP) is 2.35. The number of rotatable bonds is 7. The van der Waals surface area contributed by atoms with Gasteiger partial charge in [0.15, 0.2) is 5.82 Å². The van der Waals surface area contributed by atoms with Crippen LogP contribution < -0.4 is 5.32 Å². The van der Waals surface area contributed by atoms with Crippen molar-refractivity contribution in [1.29, 1.82) is 0 Å². The van der Waals surface area contributed by atoms with Crippen LogP contribution in [0.25, 0.3) is 0 Å². The number of hydrogen-bond donors (Lipinski definition) is 1. The molecule has 4 nitrogen and oxygen atoms in total. The second-order valence-corrected chi connectivity index (χ2v) is 4.58. The highest BCUT2D eigenvalue weighted by Gasteiger charge is 2.18. The topological polar surface area (TPSA) is 42.7 Å². The summed E-state index contributed by atoms with van der Waals surface area (Å²) in [5.74, 6) is 2.05. The van der Waals surface area contributed by atoms with E-state index in [4.69, 9.17) is 0 Å². The van der Waals surface area contributed by atoms with Crippen molar-refractivity contribution in [1.82, 2.24) is 20.1 Å². The smallest absolute Gasteiger partial charge is 0.150 e. The highest BCUT2D eigenvalue weighted by molar-refractivity contribution is 4.95. The van der Waals surface area contributed by atoms with Crippen LogP contribution in [0.2, 0.25) is 0 Å². The molecule has 0 saturated heterocycles. The van der Waals surface area contributed by atoms with Gasteiger partial charge in [0.1, 0.15) is 5.82 Å². The summed E-state index contributed by atoms with van der Waals surface area (Å²) >= 11 is 0. The van der Waals surface area contributed by atoms with Crippen molar-refractivity contribution in [2.45, 2.75) is 66.0 Å². The van der Waals surface area contributed by atoms with Crippen LogP contribution in [0.3, 0.4) is 0 Å². The minimum atomic E-state index is 0.351. The third-order valence-corrected chi connectivity index (χ3v) is 3.20. The SMILES string of the molecule is CCCNC(C)C(C)n1nc(CC)nc1CC. The molecule has 0 aliphatic carbocycles. The van der Waals surface area contributed by atoms with Gasteiger partial charge in [-0.3, -0.25) is 0 Å². The number of aryl methyl sites for hydroxylation is 2. The lowest BCUT2D eigenvalue weighted by Crippen LogP contribution is -2.35. The first kappa shape index (κ1) is 14.2. The van der Waals surface area contributed by atoms with Crippen LogP contribution in [0, 0.1) is 0 Å². The number of hydrogen-bond acceptors (Lipinski definition) is 3. The van der Waals surface area contributed by atoms with E-state index < -0.39 is 0 Å². The Kier molecular flexibility index (Phi) is 5.62. The molecular weight excluding hydrogens is 212 g/mol. The van der Waals surface area contributed by atoms with Crippen molar-refractivity contribution < 1.29 is 0 Å². The van der Waals surface area contributed by atoms with Crippen LogP contribution in [-0.4, -0.2) is 27.4 Å². The van der Waals surface area contributed by atoms with Crippen molar-refractivity contribution in [3.8, 4) is 0 Å². The molecule has 17 heavy (non-hydrogen) atoms. The Bertz CT molecular complexity index is 332. The number of aromatic nitrogens is 3. The van der Waals surface area contributed by atoms with Gasteiger partial charge in [-0.1, -0.05) is 20.8 Å². The summed E-state index contributed by atoms with van der Waals surface area (Å²) in [7, 11) is 0. The largest absolute Gasteiger partial charge is 0.312 e. The minimum Gasteiger partial charge on any atom is -0.312 e. The first-order chi connectivity index (χ1) is 8.13. The fourth-order valence-corrected chi connectivity index (χ4v) is 1.88. The second kappa shape index (κ2) is 6.74. The van der Waals surface area contributed by atoms with Crippen molar-refractivity contribution in [3.63, 3.8) is 0 Å². The zero-order valence-corrected chi connectivity index (χ0v) is 11.8. The van der Waals surface area contributed by atoms with Gasteiger partial charge in [-0.05, 0) is 26.8 Å². The summed E-state index contributed by atoms with van der Waals surface area (Å²) in [5.41, 5.74) is 0. The Morgan fingerprint density at radius 1 is 1.18 bits per heavy atom. The Morgan fingerprint density at radius 3 is 2.41 bits per heavy atom. The molecule has 2 atom stereocenters. The molecule has 0 aliphatic heterocycles.